The molecule has 0 fully saturated rings. The minimum absolute atomic E-state index is 0.219. The predicted octanol–water partition coefficient (Wildman–Crippen LogP) is 4.64. The average molecular weight is 392 g/mol. The van der Waals surface area contributed by atoms with Crippen molar-refractivity contribution in [2.24, 2.45) is 0 Å². The number of aromatic nitrogens is 3. The van der Waals surface area contributed by atoms with Crippen LogP contribution in [0.25, 0.3) is 16.9 Å². The number of amides is 1. The zero-order valence-corrected chi connectivity index (χ0v) is 16.9. The van der Waals surface area contributed by atoms with E-state index in [9.17, 15) is 4.79 Å². The minimum atomic E-state index is -0.219. The normalized spacial score (nSPS) is 11.0. The number of hydrogen-bond acceptors (Lipinski definition) is 5. The van der Waals surface area contributed by atoms with Gasteiger partial charge in [0.2, 0.25) is 0 Å². The number of benzene rings is 1. The highest BCUT2D eigenvalue weighted by Crippen LogP contribution is 2.31. The second kappa shape index (κ2) is 7.09. The lowest BCUT2D eigenvalue weighted by molar-refractivity contribution is 0.102. The predicted molar refractivity (Wildman–Crippen MR) is 111 cm³/mol. The fourth-order valence-corrected chi connectivity index (χ4v) is 3.99. The third-order valence-electron chi connectivity index (χ3n) is 4.55. The number of hydrogen-bond donors (Lipinski definition) is 1. The number of thiazole rings is 1. The molecule has 142 valence electrons. The van der Waals surface area contributed by atoms with Crippen molar-refractivity contribution in [2.45, 2.75) is 20.8 Å². The van der Waals surface area contributed by atoms with E-state index in [0.717, 1.165) is 33.1 Å². The largest absolute Gasteiger partial charge is 0.497 e. The third-order valence-corrected chi connectivity index (χ3v) is 5.44. The molecule has 28 heavy (non-hydrogen) atoms. The second-order valence-electron chi connectivity index (χ2n) is 6.58. The standard InChI is InChI=1S/C21H20N4O2S/c1-12-9-10-25-17(11-12)22-13(2)19(25)20(26)24-21-23-18(14(3)28-21)15-5-7-16(27-4)8-6-15/h5-11H,1-4H3,(H,23,24,26). The van der Waals surface area contributed by atoms with Gasteiger partial charge in [-0.2, -0.15) is 0 Å². The molecule has 7 heteroatoms. The second-order valence-corrected chi connectivity index (χ2v) is 7.79. The zero-order chi connectivity index (χ0) is 19.8. The van der Waals surface area contributed by atoms with Gasteiger partial charge in [0, 0.05) is 16.6 Å². The Kier molecular flexibility index (Phi) is 4.60. The van der Waals surface area contributed by atoms with E-state index in [0.29, 0.717) is 16.5 Å². The number of ether oxygens (including phenoxy) is 1. The van der Waals surface area contributed by atoms with E-state index < -0.39 is 0 Å². The minimum Gasteiger partial charge on any atom is -0.497 e. The van der Waals surface area contributed by atoms with Crippen LogP contribution in [0.1, 0.15) is 26.6 Å². The smallest absolute Gasteiger partial charge is 0.276 e. The average Bonchev–Trinajstić information content (AvgIpc) is 3.19. The van der Waals surface area contributed by atoms with E-state index in [-0.39, 0.29) is 5.91 Å². The number of nitrogens with zero attached hydrogens (tertiary/aromatic N) is 3. The van der Waals surface area contributed by atoms with Gasteiger partial charge in [0.05, 0.1) is 18.5 Å². The first kappa shape index (κ1) is 18.2. The van der Waals surface area contributed by atoms with Gasteiger partial charge in [-0.3, -0.25) is 14.5 Å². The van der Waals surface area contributed by atoms with Gasteiger partial charge in [-0.25, -0.2) is 9.97 Å². The number of anilines is 1. The van der Waals surface area contributed by atoms with Gasteiger partial charge >= 0.3 is 0 Å². The Morgan fingerprint density at radius 2 is 1.86 bits per heavy atom. The first-order chi connectivity index (χ1) is 13.5. The number of methoxy groups -OCH3 is 1. The van der Waals surface area contributed by atoms with E-state index in [1.165, 1.54) is 11.3 Å². The maximum atomic E-state index is 12.9. The van der Waals surface area contributed by atoms with Gasteiger partial charge in [-0.15, -0.1) is 11.3 Å². The lowest BCUT2D eigenvalue weighted by Gasteiger charge is -2.04. The van der Waals surface area contributed by atoms with Crippen LogP contribution in [0.5, 0.6) is 5.75 Å². The summed E-state index contributed by atoms with van der Waals surface area (Å²) in [5.74, 6) is 0.576. The Bertz CT molecular complexity index is 1180. The van der Waals surface area contributed by atoms with Crippen LogP contribution in [0.3, 0.4) is 0 Å². The van der Waals surface area contributed by atoms with Gasteiger partial charge in [-0.1, -0.05) is 0 Å². The molecule has 0 aliphatic carbocycles. The van der Waals surface area contributed by atoms with Crippen LogP contribution >= 0.6 is 11.3 Å². The highest BCUT2D eigenvalue weighted by molar-refractivity contribution is 7.16. The van der Waals surface area contributed by atoms with Gasteiger partial charge in [0.25, 0.3) is 5.91 Å². The summed E-state index contributed by atoms with van der Waals surface area (Å²) < 4.78 is 7.01. The monoisotopic (exact) mass is 392 g/mol. The van der Waals surface area contributed by atoms with Crippen molar-refractivity contribution in [1.29, 1.82) is 0 Å². The number of rotatable bonds is 4. The van der Waals surface area contributed by atoms with Crippen LogP contribution in [0.2, 0.25) is 0 Å². The number of fused-ring (bicyclic) bond motifs is 1. The van der Waals surface area contributed by atoms with Crippen molar-refractivity contribution in [3.05, 3.63) is 64.4 Å². The molecule has 0 aliphatic heterocycles. The van der Waals surface area contributed by atoms with Crippen LogP contribution in [0, 0.1) is 20.8 Å². The molecule has 0 radical (unpaired) electrons. The molecule has 6 nitrogen and oxygen atoms in total. The topological polar surface area (TPSA) is 68.5 Å². The maximum Gasteiger partial charge on any atom is 0.276 e. The van der Waals surface area contributed by atoms with E-state index in [4.69, 9.17) is 4.74 Å². The lowest BCUT2D eigenvalue weighted by atomic mass is 10.1. The van der Waals surface area contributed by atoms with Gasteiger partial charge in [0.1, 0.15) is 17.1 Å². The van der Waals surface area contributed by atoms with Crippen molar-refractivity contribution in [2.75, 3.05) is 12.4 Å². The Morgan fingerprint density at radius 3 is 2.57 bits per heavy atom. The molecule has 0 atom stereocenters. The van der Waals surface area contributed by atoms with Gasteiger partial charge < -0.3 is 4.74 Å². The molecule has 4 rings (SSSR count). The summed E-state index contributed by atoms with van der Waals surface area (Å²) in [6.45, 7) is 5.84. The molecule has 0 saturated carbocycles. The Morgan fingerprint density at radius 1 is 1.11 bits per heavy atom. The molecule has 1 aromatic carbocycles. The molecule has 0 aliphatic rings. The highest BCUT2D eigenvalue weighted by Gasteiger charge is 2.19. The van der Waals surface area contributed by atoms with Crippen molar-refractivity contribution < 1.29 is 9.53 Å². The van der Waals surface area contributed by atoms with E-state index >= 15 is 0 Å². The molecular formula is C21H20N4O2S. The molecule has 0 bridgehead atoms. The molecule has 3 aromatic heterocycles. The molecule has 0 saturated heterocycles. The molecular weight excluding hydrogens is 372 g/mol. The summed E-state index contributed by atoms with van der Waals surface area (Å²) in [6, 6.07) is 11.6. The number of imidazole rings is 1. The maximum absolute atomic E-state index is 12.9. The van der Waals surface area contributed by atoms with Crippen molar-refractivity contribution >= 4 is 28.0 Å². The van der Waals surface area contributed by atoms with E-state index in [2.05, 4.69) is 15.3 Å². The SMILES string of the molecule is COc1ccc(-c2nc(NC(=O)c3c(C)nc4cc(C)ccn34)sc2C)cc1. The van der Waals surface area contributed by atoms with E-state index in [1.54, 1.807) is 7.11 Å². The zero-order valence-electron chi connectivity index (χ0n) is 16.1. The summed E-state index contributed by atoms with van der Waals surface area (Å²) >= 11 is 1.45. The fourth-order valence-electron chi connectivity index (χ4n) is 3.16. The summed E-state index contributed by atoms with van der Waals surface area (Å²) in [4.78, 5) is 23.1. The number of carbonyl (C=O) groups excluding carboxylic acids is 1. The van der Waals surface area contributed by atoms with Gasteiger partial charge in [0.15, 0.2) is 5.13 Å². The summed E-state index contributed by atoms with van der Waals surface area (Å²) in [5.41, 5.74) is 4.91. The molecule has 1 N–H and O–H groups in total. The Balaban J connectivity index is 1.63. The Labute approximate surface area is 166 Å². The Hall–Kier alpha value is -3.19. The molecule has 1 amide bonds. The van der Waals surface area contributed by atoms with Crippen LogP contribution in [-0.2, 0) is 0 Å². The van der Waals surface area contributed by atoms with Crippen LogP contribution in [0.4, 0.5) is 5.13 Å². The lowest BCUT2D eigenvalue weighted by Crippen LogP contribution is -2.15. The number of nitrogens with one attached hydrogen (secondary N) is 1. The quantitative estimate of drug-likeness (QED) is 0.549. The molecule has 3 heterocycles. The summed E-state index contributed by atoms with van der Waals surface area (Å²) in [5, 5.41) is 3.49. The van der Waals surface area contributed by atoms with Gasteiger partial charge in [-0.05, 0) is 62.7 Å². The number of carbonyl (C=O) groups is 1. The van der Waals surface area contributed by atoms with Crippen LogP contribution in [-0.4, -0.2) is 27.4 Å². The first-order valence-corrected chi connectivity index (χ1v) is 9.66. The van der Waals surface area contributed by atoms with Crippen molar-refractivity contribution in [1.82, 2.24) is 14.4 Å². The summed E-state index contributed by atoms with van der Waals surface area (Å²) in [6.07, 6.45) is 1.87. The third kappa shape index (κ3) is 3.25. The van der Waals surface area contributed by atoms with Crippen molar-refractivity contribution in [3.8, 4) is 17.0 Å². The van der Waals surface area contributed by atoms with Crippen LogP contribution in [0.15, 0.2) is 42.6 Å². The summed E-state index contributed by atoms with van der Waals surface area (Å²) in [7, 11) is 1.64. The first-order valence-electron chi connectivity index (χ1n) is 8.85. The highest BCUT2D eigenvalue weighted by atomic mass is 32.1. The fraction of sp³-hybridized carbons (Fsp3) is 0.190. The molecule has 0 spiro atoms. The number of aryl methyl sites for hydroxylation is 3. The van der Waals surface area contributed by atoms with Crippen molar-refractivity contribution in [3.63, 3.8) is 0 Å². The molecule has 0 unspecified atom stereocenters. The van der Waals surface area contributed by atoms with Crippen LogP contribution < -0.4 is 10.1 Å². The molecule has 4 aromatic rings. The van der Waals surface area contributed by atoms with E-state index in [1.807, 2.05) is 67.8 Å². The number of pyridine rings is 1.